The predicted octanol–water partition coefficient (Wildman–Crippen LogP) is 0.653. The van der Waals surface area contributed by atoms with E-state index >= 15 is 0 Å². The summed E-state index contributed by atoms with van der Waals surface area (Å²) in [5, 5.41) is 8.82. The molecule has 0 rings (SSSR count). The molecule has 1 N–H and O–H groups in total. The third kappa shape index (κ3) is 4.42. The summed E-state index contributed by atoms with van der Waals surface area (Å²) < 4.78 is 4.42. The molecule has 0 aliphatic heterocycles. The monoisotopic (exact) mass is 196 g/mol. The van der Waals surface area contributed by atoms with Crippen LogP contribution in [0.15, 0.2) is 0 Å². The smallest absolute Gasteiger partial charge is 0.318 e. The van der Waals surface area contributed by atoms with Crippen LogP contribution >= 0.6 is 15.9 Å². The highest BCUT2D eigenvalue weighted by molar-refractivity contribution is 9.09. The molecule has 0 bridgehead atoms. The highest BCUT2D eigenvalue weighted by Gasteiger charge is 2.05. The Kier molecular flexibility index (Phi) is 4.71. The van der Waals surface area contributed by atoms with Gasteiger partial charge in [0.2, 0.25) is 0 Å². The van der Waals surface area contributed by atoms with Crippen molar-refractivity contribution in [3.63, 3.8) is 0 Å². The van der Waals surface area contributed by atoms with Crippen molar-refractivity contribution >= 4 is 21.9 Å². The molecule has 0 aliphatic carbocycles. The Morgan fingerprint density at radius 3 is 2.78 bits per heavy atom. The fraction of sp³-hybridized carbons (Fsp3) is 0.800. The van der Waals surface area contributed by atoms with Crippen molar-refractivity contribution in [1.29, 1.82) is 0 Å². The van der Waals surface area contributed by atoms with Crippen LogP contribution in [-0.2, 0) is 9.53 Å². The van der Waals surface area contributed by atoms with E-state index in [1.54, 1.807) is 6.92 Å². The van der Waals surface area contributed by atoms with Gasteiger partial charge in [0, 0.05) is 6.42 Å². The van der Waals surface area contributed by atoms with Crippen LogP contribution in [0.2, 0.25) is 0 Å². The molecule has 0 aliphatic rings. The maximum absolute atomic E-state index is 10.4. The van der Waals surface area contributed by atoms with E-state index in [1.165, 1.54) is 0 Å². The lowest BCUT2D eigenvalue weighted by Crippen LogP contribution is -2.16. The molecule has 0 saturated carbocycles. The van der Waals surface area contributed by atoms with Crippen molar-refractivity contribution < 1.29 is 14.6 Å². The Labute approximate surface area is 62.1 Å². The topological polar surface area (TPSA) is 46.5 Å². The molecule has 0 radical (unpaired) electrons. The fourth-order valence-corrected chi connectivity index (χ4v) is 0.399. The summed E-state index contributed by atoms with van der Waals surface area (Å²) in [6.07, 6.45) is -0.520. The third-order valence-corrected chi connectivity index (χ3v) is 1.18. The minimum atomic E-state index is -0.949. The lowest BCUT2D eigenvalue weighted by Gasteiger charge is -2.06. The molecule has 0 aromatic carbocycles. The number of halogens is 1. The summed E-state index contributed by atoms with van der Waals surface area (Å²) in [6, 6.07) is 0. The zero-order valence-corrected chi connectivity index (χ0v) is 6.72. The third-order valence-electron chi connectivity index (χ3n) is 0.726. The predicted molar refractivity (Wildman–Crippen MR) is 36.2 cm³/mol. The van der Waals surface area contributed by atoms with Crippen LogP contribution in [-0.4, -0.2) is 22.7 Å². The second-order valence-electron chi connectivity index (χ2n) is 1.49. The van der Waals surface area contributed by atoms with Gasteiger partial charge in [0.1, 0.15) is 5.33 Å². The van der Waals surface area contributed by atoms with Gasteiger partial charge in [0.15, 0.2) is 6.29 Å². The first-order valence-electron chi connectivity index (χ1n) is 2.64. The molecule has 0 saturated heterocycles. The van der Waals surface area contributed by atoms with E-state index in [0.717, 1.165) is 0 Å². The molecular weight excluding hydrogens is 188 g/mol. The number of esters is 1. The molecule has 0 aromatic rings. The van der Waals surface area contributed by atoms with Crippen LogP contribution in [0, 0.1) is 0 Å². The van der Waals surface area contributed by atoms with Crippen molar-refractivity contribution in [2.75, 3.05) is 5.33 Å². The summed E-state index contributed by atoms with van der Waals surface area (Å²) in [5.41, 5.74) is 0. The van der Waals surface area contributed by atoms with E-state index < -0.39 is 12.3 Å². The molecule has 1 atom stereocenters. The zero-order chi connectivity index (χ0) is 7.28. The first-order chi connectivity index (χ1) is 4.20. The van der Waals surface area contributed by atoms with Gasteiger partial charge in [-0.05, 0) is 0 Å². The molecule has 3 nitrogen and oxygen atoms in total. The number of aliphatic hydroxyl groups is 1. The summed E-state index contributed by atoms with van der Waals surface area (Å²) in [5.74, 6) is -0.440. The molecule has 0 aromatic heterocycles. The van der Waals surface area contributed by atoms with Gasteiger partial charge in [-0.3, -0.25) is 4.79 Å². The number of ether oxygens (including phenoxy) is 1. The Balaban J connectivity index is 3.34. The number of rotatable bonds is 3. The highest BCUT2D eigenvalue weighted by Crippen LogP contribution is 1.94. The summed E-state index contributed by atoms with van der Waals surface area (Å²) in [7, 11) is 0. The Bertz CT molecular complexity index is 94.2. The number of carbonyl (C=O) groups is 1. The fourth-order valence-electron chi connectivity index (χ4n) is 0.267. The number of alkyl halides is 1. The summed E-state index contributed by atoms with van der Waals surface area (Å²) in [6.45, 7) is 1.73. The molecular formula is C5H9BrO3. The zero-order valence-electron chi connectivity index (χ0n) is 5.13. The van der Waals surface area contributed by atoms with Gasteiger partial charge in [0.25, 0.3) is 0 Å². The van der Waals surface area contributed by atoms with E-state index in [4.69, 9.17) is 5.11 Å². The first-order valence-corrected chi connectivity index (χ1v) is 3.76. The van der Waals surface area contributed by atoms with Gasteiger partial charge >= 0.3 is 5.97 Å². The van der Waals surface area contributed by atoms with Gasteiger partial charge in [-0.15, -0.1) is 0 Å². The maximum Gasteiger partial charge on any atom is 0.318 e. The lowest BCUT2D eigenvalue weighted by atomic mass is 10.5. The second-order valence-corrected chi connectivity index (χ2v) is 2.05. The van der Waals surface area contributed by atoms with Crippen LogP contribution in [0.3, 0.4) is 0 Å². The first kappa shape index (κ1) is 8.91. The average molecular weight is 197 g/mol. The van der Waals surface area contributed by atoms with Gasteiger partial charge in [-0.25, -0.2) is 0 Å². The van der Waals surface area contributed by atoms with Crippen molar-refractivity contribution in [3.8, 4) is 0 Å². The molecule has 0 fully saturated rings. The quantitative estimate of drug-likeness (QED) is 0.410. The molecule has 0 amide bonds. The maximum atomic E-state index is 10.4. The van der Waals surface area contributed by atoms with E-state index in [0.29, 0.717) is 6.42 Å². The van der Waals surface area contributed by atoms with Crippen molar-refractivity contribution in [2.24, 2.45) is 0 Å². The van der Waals surface area contributed by atoms with Gasteiger partial charge in [-0.1, -0.05) is 22.9 Å². The average Bonchev–Trinajstić information content (AvgIpc) is 1.87. The van der Waals surface area contributed by atoms with Crippen LogP contribution < -0.4 is 0 Å². The molecule has 54 valence electrons. The Morgan fingerprint density at radius 2 is 2.44 bits per heavy atom. The van der Waals surface area contributed by atoms with E-state index in [2.05, 4.69) is 20.7 Å². The highest BCUT2D eigenvalue weighted by atomic mass is 79.9. The summed E-state index contributed by atoms with van der Waals surface area (Å²) >= 11 is 2.89. The van der Waals surface area contributed by atoms with E-state index in [1.807, 2.05) is 0 Å². The summed E-state index contributed by atoms with van der Waals surface area (Å²) in [4.78, 5) is 10.4. The molecule has 4 heteroatoms. The van der Waals surface area contributed by atoms with Crippen molar-refractivity contribution in [2.45, 2.75) is 19.6 Å². The molecule has 9 heavy (non-hydrogen) atoms. The molecule has 0 spiro atoms. The number of hydrogen-bond donors (Lipinski definition) is 1. The standard InChI is InChI=1S/C5H9BrO3/c1-2-4(7)9-5(8)3-6/h4,7H,2-3H2,1H3. The Hall–Kier alpha value is -0.0900. The van der Waals surface area contributed by atoms with Gasteiger partial charge < -0.3 is 9.84 Å². The normalized spacial score (nSPS) is 12.8. The van der Waals surface area contributed by atoms with E-state index in [9.17, 15) is 4.79 Å². The van der Waals surface area contributed by atoms with Crippen LogP contribution in [0.25, 0.3) is 0 Å². The largest absolute Gasteiger partial charge is 0.435 e. The van der Waals surface area contributed by atoms with Crippen LogP contribution in [0.4, 0.5) is 0 Å². The Morgan fingerprint density at radius 1 is 1.89 bits per heavy atom. The van der Waals surface area contributed by atoms with Gasteiger partial charge in [0.05, 0.1) is 0 Å². The van der Waals surface area contributed by atoms with Crippen LogP contribution in [0.5, 0.6) is 0 Å². The molecule has 1 unspecified atom stereocenters. The van der Waals surface area contributed by atoms with Crippen LogP contribution in [0.1, 0.15) is 13.3 Å². The van der Waals surface area contributed by atoms with Crippen molar-refractivity contribution in [1.82, 2.24) is 0 Å². The minimum Gasteiger partial charge on any atom is -0.435 e. The number of aliphatic hydroxyl groups excluding tert-OH is 1. The SMILES string of the molecule is CCC(O)OC(=O)CBr. The number of carbonyl (C=O) groups excluding carboxylic acids is 1. The second kappa shape index (κ2) is 4.76. The number of hydrogen-bond acceptors (Lipinski definition) is 3. The van der Waals surface area contributed by atoms with Crippen molar-refractivity contribution in [3.05, 3.63) is 0 Å². The van der Waals surface area contributed by atoms with Gasteiger partial charge in [-0.2, -0.15) is 0 Å². The molecule has 0 heterocycles. The van der Waals surface area contributed by atoms with E-state index in [-0.39, 0.29) is 5.33 Å². The minimum absolute atomic E-state index is 0.129. The lowest BCUT2D eigenvalue weighted by molar-refractivity contribution is -0.164.